The van der Waals surface area contributed by atoms with Crippen molar-refractivity contribution in [3.05, 3.63) is 35.4 Å². The van der Waals surface area contributed by atoms with E-state index in [9.17, 15) is 4.79 Å². The van der Waals surface area contributed by atoms with Gasteiger partial charge in [-0.15, -0.1) is 0 Å². The molecule has 1 unspecified atom stereocenters. The van der Waals surface area contributed by atoms with E-state index in [1.165, 1.54) is 0 Å². The lowest BCUT2D eigenvalue weighted by Gasteiger charge is -2.05. The van der Waals surface area contributed by atoms with Crippen LogP contribution >= 0.6 is 31.9 Å². The van der Waals surface area contributed by atoms with Gasteiger partial charge in [0.1, 0.15) is 0 Å². The van der Waals surface area contributed by atoms with Crippen LogP contribution in [0.25, 0.3) is 0 Å². The van der Waals surface area contributed by atoms with Crippen LogP contribution in [0.3, 0.4) is 0 Å². The van der Waals surface area contributed by atoms with Crippen LogP contribution in [0.1, 0.15) is 20.7 Å². The molecule has 0 heterocycles. The highest BCUT2D eigenvalue weighted by molar-refractivity contribution is 9.12. The van der Waals surface area contributed by atoms with Crippen molar-refractivity contribution < 1.29 is 9.90 Å². The zero-order valence-electron chi connectivity index (χ0n) is 6.71. The molecule has 0 spiro atoms. The summed E-state index contributed by atoms with van der Waals surface area (Å²) in [5.74, 6) is -0.892. The van der Waals surface area contributed by atoms with Gasteiger partial charge in [0, 0.05) is 10.2 Å². The van der Waals surface area contributed by atoms with Crippen molar-refractivity contribution in [2.75, 3.05) is 5.33 Å². The van der Waals surface area contributed by atoms with Crippen LogP contribution < -0.4 is 0 Å². The molecular weight excluding hydrogens is 300 g/mol. The Morgan fingerprint density at radius 3 is 2.31 bits per heavy atom. The Hall–Kier alpha value is -0.350. The zero-order valence-corrected chi connectivity index (χ0v) is 9.88. The number of aromatic carboxylic acids is 1. The predicted molar refractivity (Wildman–Crippen MR) is 58.9 cm³/mol. The molecule has 1 aromatic rings. The molecule has 0 aliphatic rings. The summed E-state index contributed by atoms with van der Waals surface area (Å²) in [5.41, 5.74) is 1.39. The summed E-state index contributed by atoms with van der Waals surface area (Å²) < 4.78 is 0. The lowest BCUT2D eigenvalue weighted by Crippen LogP contribution is -1.97. The molecule has 0 aromatic heterocycles. The highest BCUT2D eigenvalue weighted by atomic mass is 79.9. The van der Waals surface area contributed by atoms with Crippen LogP contribution in [-0.4, -0.2) is 16.4 Å². The second-order valence-corrected chi connectivity index (χ2v) is 4.30. The molecule has 1 N–H and O–H groups in total. The first-order chi connectivity index (χ1) is 6.15. The first-order valence-electron chi connectivity index (χ1n) is 3.68. The summed E-state index contributed by atoms with van der Waals surface area (Å²) in [6.07, 6.45) is 0. The Balaban J connectivity index is 2.87. The fourth-order valence-electron chi connectivity index (χ4n) is 0.924. The highest BCUT2D eigenvalue weighted by Crippen LogP contribution is 2.24. The van der Waals surface area contributed by atoms with E-state index in [4.69, 9.17) is 5.11 Å². The number of carboxylic acid groups (broad SMARTS) is 1. The van der Waals surface area contributed by atoms with Crippen LogP contribution in [0, 0.1) is 0 Å². The molecule has 1 rings (SSSR count). The zero-order chi connectivity index (χ0) is 9.84. The minimum absolute atomic E-state index is 0.232. The Labute approximate surface area is 93.2 Å². The number of hydrogen-bond acceptors (Lipinski definition) is 1. The standard InChI is InChI=1S/C9H8Br2O2/c10-5-8(11)6-1-3-7(4-2-6)9(12)13/h1-4,8H,5H2,(H,12,13). The summed E-state index contributed by atoms with van der Waals surface area (Å²) in [5, 5.41) is 9.46. The maximum Gasteiger partial charge on any atom is 0.335 e. The topological polar surface area (TPSA) is 37.3 Å². The summed E-state index contributed by atoms with van der Waals surface area (Å²) >= 11 is 6.79. The Morgan fingerprint density at radius 1 is 1.38 bits per heavy atom. The van der Waals surface area contributed by atoms with Crippen LogP contribution in [-0.2, 0) is 0 Å². The summed E-state index contributed by atoms with van der Waals surface area (Å²) in [6.45, 7) is 0. The quantitative estimate of drug-likeness (QED) is 0.871. The van der Waals surface area contributed by atoms with E-state index in [1.807, 2.05) is 12.1 Å². The summed E-state index contributed by atoms with van der Waals surface area (Å²) in [4.78, 5) is 10.8. The van der Waals surface area contributed by atoms with Gasteiger partial charge in [0.05, 0.1) is 5.56 Å². The van der Waals surface area contributed by atoms with Gasteiger partial charge in [-0.2, -0.15) is 0 Å². The maximum absolute atomic E-state index is 10.5. The van der Waals surface area contributed by atoms with Crippen LogP contribution in [0.15, 0.2) is 24.3 Å². The molecule has 2 nitrogen and oxygen atoms in total. The van der Waals surface area contributed by atoms with Crippen molar-refractivity contribution in [1.29, 1.82) is 0 Å². The minimum Gasteiger partial charge on any atom is -0.478 e. The van der Waals surface area contributed by atoms with Crippen molar-refractivity contribution in [1.82, 2.24) is 0 Å². The Morgan fingerprint density at radius 2 is 1.92 bits per heavy atom. The molecule has 0 amide bonds. The molecule has 4 heteroatoms. The molecule has 0 saturated heterocycles. The highest BCUT2D eigenvalue weighted by Gasteiger charge is 2.06. The number of carboxylic acids is 1. The van der Waals surface area contributed by atoms with E-state index in [2.05, 4.69) is 31.9 Å². The van der Waals surface area contributed by atoms with Gasteiger partial charge < -0.3 is 5.11 Å². The molecule has 1 atom stereocenters. The maximum atomic E-state index is 10.5. The molecule has 0 bridgehead atoms. The fourth-order valence-corrected chi connectivity index (χ4v) is 1.60. The Bertz CT molecular complexity index is 295. The number of benzene rings is 1. The normalized spacial score (nSPS) is 12.5. The van der Waals surface area contributed by atoms with E-state index in [-0.39, 0.29) is 4.83 Å². The lowest BCUT2D eigenvalue weighted by atomic mass is 10.1. The van der Waals surface area contributed by atoms with Gasteiger partial charge in [-0.05, 0) is 17.7 Å². The molecule has 13 heavy (non-hydrogen) atoms. The van der Waals surface area contributed by atoms with Gasteiger partial charge in [-0.1, -0.05) is 44.0 Å². The molecular formula is C9H8Br2O2. The SMILES string of the molecule is O=C(O)c1ccc(C(Br)CBr)cc1. The van der Waals surface area contributed by atoms with E-state index in [0.29, 0.717) is 5.56 Å². The number of hydrogen-bond donors (Lipinski definition) is 1. The average Bonchev–Trinajstić information content (AvgIpc) is 2.17. The molecule has 70 valence electrons. The number of carbonyl (C=O) groups is 1. The molecule has 0 aliphatic carbocycles. The molecule has 0 fully saturated rings. The molecule has 0 radical (unpaired) electrons. The van der Waals surface area contributed by atoms with Gasteiger partial charge >= 0.3 is 5.97 Å². The Kier molecular flexibility index (Phi) is 3.93. The van der Waals surface area contributed by atoms with E-state index >= 15 is 0 Å². The van der Waals surface area contributed by atoms with Crippen molar-refractivity contribution >= 4 is 37.8 Å². The van der Waals surface area contributed by atoms with Crippen LogP contribution in [0.5, 0.6) is 0 Å². The third-order valence-electron chi connectivity index (χ3n) is 1.65. The number of alkyl halides is 2. The third-order valence-corrected chi connectivity index (χ3v) is 4.02. The van der Waals surface area contributed by atoms with E-state index in [0.717, 1.165) is 10.9 Å². The van der Waals surface area contributed by atoms with Crippen molar-refractivity contribution in [3.63, 3.8) is 0 Å². The van der Waals surface area contributed by atoms with E-state index in [1.54, 1.807) is 12.1 Å². The number of rotatable bonds is 3. The summed E-state index contributed by atoms with van der Waals surface area (Å²) in [6, 6.07) is 6.83. The molecule has 0 aliphatic heterocycles. The lowest BCUT2D eigenvalue weighted by molar-refractivity contribution is 0.0697. The number of halogens is 2. The smallest absolute Gasteiger partial charge is 0.335 e. The van der Waals surface area contributed by atoms with Gasteiger partial charge in [0.15, 0.2) is 0 Å². The second-order valence-electron chi connectivity index (χ2n) is 2.55. The first-order valence-corrected chi connectivity index (χ1v) is 5.72. The minimum atomic E-state index is -0.892. The average molecular weight is 308 g/mol. The van der Waals surface area contributed by atoms with Crippen molar-refractivity contribution in [3.8, 4) is 0 Å². The molecule has 1 aromatic carbocycles. The molecule has 0 saturated carbocycles. The van der Waals surface area contributed by atoms with Gasteiger partial charge in [-0.25, -0.2) is 4.79 Å². The summed E-state index contributed by atoms with van der Waals surface area (Å²) in [7, 11) is 0. The monoisotopic (exact) mass is 306 g/mol. The van der Waals surface area contributed by atoms with Gasteiger partial charge in [0.25, 0.3) is 0 Å². The second kappa shape index (κ2) is 4.77. The van der Waals surface area contributed by atoms with Crippen molar-refractivity contribution in [2.45, 2.75) is 4.83 Å². The first kappa shape index (κ1) is 10.7. The van der Waals surface area contributed by atoms with E-state index < -0.39 is 5.97 Å². The van der Waals surface area contributed by atoms with Crippen LogP contribution in [0.4, 0.5) is 0 Å². The van der Waals surface area contributed by atoms with Crippen molar-refractivity contribution in [2.24, 2.45) is 0 Å². The van der Waals surface area contributed by atoms with Crippen LogP contribution in [0.2, 0.25) is 0 Å². The predicted octanol–water partition coefficient (Wildman–Crippen LogP) is 3.22. The third kappa shape index (κ3) is 2.81. The van der Waals surface area contributed by atoms with Gasteiger partial charge in [-0.3, -0.25) is 0 Å². The largest absolute Gasteiger partial charge is 0.478 e. The fraction of sp³-hybridized carbons (Fsp3) is 0.222. The van der Waals surface area contributed by atoms with Gasteiger partial charge in [0.2, 0.25) is 0 Å².